The molecule has 0 fully saturated rings. The maximum absolute atomic E-state index is 11.6. The van der Waals surface area contributed by atoms with Gasteiger partial charge in [0.25, 0.3) is 0 Å². The highest BCUT2D eigenvalue weighted by Crippen LogP contribution is 2.19. The van der Waals surface area contributed by atoms with Gasteiger partial charge in [-0.05, 0) is 24.3 Å². The van der Waals surface area contributed by atoms with Gasteiger partial charge in [-0.15, -0.1) is 0 Å². The van der Waals surface area contributed by atoms with Crippen molar-refractivity contribution in [3.63, 3.8) is 0 Å². The van der Waals surface area contributed by atoms with E-state index < -0.39 is 11.9 Å². The maximum atomic E-state index is 11.6. The number of para-hydroxylation sites is 2. The van der Waals surface area contributed by atoms with Gasteiger partial charge in [0.2, 0.25) is 0 Å². The number of carbonyl (C=O) groups is 2. The zero-order chi connectivity index (χ0) is 14.5. The molecule has 2 aromatic carbocycles. The maximum Gasteiger partial charge on any atom is 0.390 e. The van der Waals surface area contributed by atoms with Crippen molar-refractivity contribution in [2.75, 3.05) is 0 Å². The van der Waals surface area contributed by atoms with Gasteiger partial charge in [-0.1, -0.05) is 24.3 Å². The van der Waals surface area contributed by atoms with Gasteiger partial charge in [-0.25, -0.2) is 19.4 Å². The Bertz CT molecular complexity index is 592. The minimum absolute atomic E-state index is 0.141. The summed E-state index contributed by atoms with van der Waals surface area (Å²) >= 11 is 0. The molecule has 20 heavy (non-hydrogen) atoms. The molecule has 2 aromatic rings. The first-order chi connectivity index (χ1) is 9.59. The van der Waals surface area contributed by atoms with Gasteiger partial charge in [0, 0.05) is 0 Å². The molecule has 0 spiro atoms. The fourth-order valence-corrected chi connectivity index (χ4v) is 1.46. The first-order valence-corrected chi connectivity index (χ1v) is 5.59. The highest BCUT2D eigenvalue weighted by Gasteiger charge is 2.18. The summed E-state index contributed by atoms with van der Waals surface area (Å²) in [5.41, 5.74) is -0.282. The van der Waals surface area contributed by atoms with Gasteiger partial charge in [0.1, 0.15) is 22.6 Å². The number of benzene rings is 2. The standard InChI is InChI=1S/C14H10O6/c15-11-7-3-1-5-9(11)13(17)19-20-14(18)10-6-2-4-8-12(10)16/h1-8,15-16H. The van der Waals surface area contributed by atoms with Gasteiger partial charge in [-0.2, -0.15) is 0 Å². The van der Waals surface area contributed by atoms with Crippen molar-refractivity contribution in [1.29, 1.82) is 0 Å². The molecule has 2 rings (SSSR count). The monoisotopic (exact) mass is 274 g/mol. The summed E-state index contributed by atoms with van der Waals surface area (Å²) in [7, 11) is 0. The highest BCUT2D eigenvalue weighted by molar-refractivity contribution is 5.95. The van der Waals surface area contributed by atoms with Crippen molar-refractivity contribution in [2.45, 2.75) is 0 Å². The molecule has 0 aliphatic carbocycles. The van der Waals surface area contributed by atoms with Gasteiger partial charge < -0.3 is 10.2 Å². The number of phenols is 2. The van der Waals surface area contributed by atoms with Crippen molar-refractivity contribution < 1.29 is 29.6 Å². The highest BCUT2D eigenvalue weighted by atomic mass is 17.2. The molecule has 6 nitrogen and oxygen atoms in total. The lowest BCUT2D eigenvalue weighted by Gasteiger charge is -2.05. The lowest BCUT2D eigenvalue weighted by Crippen LogP contribution is -2.12. The smallest absolute Gasteiger partial charge is 0.390 e. The van der Waals surface area contributed by atoms with Crippen molar-refractivity contribution in [2.24, 2.45) is 0 Å². The van der Waals surface area contributed by atoms with Crippen LogP contribution in [0, 0.1) is 0 Å². The minimum atomic E-state index is -1.02. The number of carbonyl (C=O) groups excluding carboxylic acids is 2. The Kier molecular flexibility index (Phi) is 3.85. The lowest BCUT2D eigenvalue weighted by molar-refractivity contribution is -0.187. The molecule has 0 aromatic heterocycles. The van der Waals surface area contributed by atoms with Gasteiger partial charge >= 0.3 is 11.9 Å². The van der Waals surface area contributed by atoms with E-state index in [1.165, 1.54) is 48.5 Å². The van der Waals surface area contributed by atoms with Crippen LogP contribution in [0.2, 0.25) is 0 Å². The molecule has 0 aliphatic rings. The Morgan fingerprint density at radius 3 is 1.40 bits per heavy atom. The van der Waals surface area contributed by atoms with Crippen LogP contribution in [-0.4, -0.2) is 22.2 Å². The molecule has 0 unspecified atom stereocenters. The molecular formula is C14H10O6. The average Bonchev–Trinajstić information content (AvgIpc) is 2.45. The third-order valence-corrected chi connectivity index (χ3v) is 2.44. The Morgan fingerprint density at radius 1 is 0.700 bits per heavy atom. The van der Waals surface area contributed by atoms with Crippen LogP contribution in [0.25, 0.3) is 0 Å². The molecule has 102 valence electrons. The van der Waals surface area contributed by atoms with E-state index in [9.17, 15) is 19.8 Å². The fraction of sp³-hybridized carbons (Fsp3) is 0. The van der Waals surface area contributed by atoms with Crippen molar-refractivity contribution in [1.82, 2.24) is 0 Å². The number of hydrogen-bond acceptors (Lipinski definition) is 6. The Labute approximate surface area is 113 Å². The topological polar surface area (TPSA) is 93.1 Å². The first-order valence-electron chi connectivity index (χ1n) is 5.59. The van der Waals surface area contributed by atoms with Crippen LogP contribution in [0.4, 0.5) is 0 Å². The molecule has 0 aliphatic heterocycles. The number of aromatic hydroxyl groups is 2. The quantitative estimate of drug-likeness (QED) is 0.643. The van der Waals surface area contributed by atoms with Crippen LogP contribution in [0.1, 0.15) is 20.7 Å². The van der Waals surface area contributed by atoms with Crippen molar-refractivity contribution in [3.05, 3.63) is 59.7 Å². The van der Waals surface area contributed by atoms with Crippen LogP contribution < -0.4 is 0 Å². The van der Waals surface area contributed by atoms with Gasteiger partial charge in [0.05, 0.1) is 0 Å². The summed E-state index contributed by atoms with van der Waals surface area (Å²) in [4.78, 5) is 31.8. The summed E-state index contributed by atoms with van der Waals surface area (Å²) in [6.45, 7) is 0. The van der Waals surface area contributed by atoms with E-state index in [4.69, 9.17) is 0 Å². The molecular weight excluding hydrogens is 264 g/mol. The lowest BCUT2D eigenvalue weighted by atomic mass is 10.2. The molecule has 0 heterocycles. The van der Waals surface area contributed by atoms with E-state index in [0.717, 1.165) is 0 Å². The largest absolute Gasteiger partial charge is 0.507 e. The van der Waals surface area contributed by atoms with Crippen LogP contribution in [0.3, 0.4) is 0 Å². The summed E-state index contributed by atoms with van der Waals surface area (Å²) < 4.78 is 0. The Morgan fingerprint density at radius 2 is 1.05 bits per heavy atom. The number of rotatable bonds is 2. The predicted octanol–water partition coefficient (Wildman–Crippen LogP) is 2.03. The van der Waals surface area contributed by atoms with E-state index in [2.05, 4.69) is 9.78 Å². The fourth-order valence-electron chi connectivity index (χ4n) is 1.46. The second kappa shape index (κ2) is 5.75. The average molecular weight is 274 g/mol. The summed E-state index contributed by atoms with van der Waals surface area (Å²) in [6.07, 6.45) is 0. The Hall–Kier alpha value is -3.02. The molecule has 2 N–H and O–H groups in total. The molecule has 6 heteroatoms. The third kappa shape index (κ3) is 2.86. The third-order valence-electron chi connectivity index (χ3n) is 2.44. The summed E-state index contributed by atoms with van der Waals surface area (Å²) in [6, 6.07) is 11.3. The SMILES string of the molecule is O=C(OOC(=O)c1ccccc1O)c1ccccc1O. The van der Waals surface area contributed by atoms with Crippen molar-refractivity contribution >= 4 is 11.9 Å². The van der Waals surface area contributed by atoms with E-state index >= 15 is 0 Å². The summed E-state index contributed by atoms with van der Waals surface area (Å²) in [5.74, 6) is -2.63. The minimum Gasteiger partial charge on any atom is -0.507 e. The summed E-state index contributed by atoms with van der Waals surface area (Å²) in [5, 5.41) is 18.9. The van der Waals surface area contributed by atoms with Crippen LogP contribution >= 0.6 is 0 Å². The molecule has 0 saturated carbocycles. The van der Waals surface area contributed by atoms with Gasteiger partial charge in [-0.3, -0.25) is 0 Å². The molecule has 0 atom stereocenters. The molecule has 0 saturated heterocycles. The van der Waals surface area contributed by atoms with Crippen molar-refractivity contribution in [3.8, 4) is 11.5 Å². The van der Waals surface area contributed by atoms with Crippen LogP contribution in [-0.2, 0) is 9.78 Å². The predicted molar refractivity (Wildman–Crippen MR) is 67.0 cm³/mol. The van der Waals surface area contributed by atoms with E-state index in [1.807, 2.05) is 0 Å². The number of phenolic OH excluding ortho intramolecular Hbond substituents is 2. The van der Waals surface area contributed by atoms with E-state index in [0.29, 0.717) is 0 Å². The molecule has 0 bridgehead atoms. The second-order valence-electron chi connectivity index (χ2n) is 3.78. The van der Waals surface area contributed by atoms with Crippen LogP contribution in [0.15, 0.2) is 48.5 Å². The number of hydrogen-bond donors (Lipinski definition) is 2. The van der Waals surface area contributed by atoms with E-state index in [1.54, 1.807) is 0 Å². The van der Waals surface area contributed by atoms with Gasteiger partial charge in [0.15, 0.2) is 0 Å². The van der Waals surface area contributed by atoms with E-state index in [-0.39, 0.29) is 22.6 Å². The molecule has 0 amide bonds. The first kappa shape index (κ1) is 13.4. The Balaban J connectivity index is 2.03. The van der Waals surface area contributed by atoms with Crippen LogP contribution in [0.5, 0.6) is 11.5 Å². The normalized spacial score (nSPS) is 9.80. The molecule has 0 radical (unpaired) electrons. The zero-order valence-electron chi connectivity index (χ0n) is 10.1. The second-order valence-corrected chi connectivity index (χ2v) is 3.78. The zero-order valence-corrected chi connectivity index (χ0v) is 10.1.